The smallest absolute Gasteiger partial charge is 0.253 e. The van der Waals surface area contributed by atoms with Crippen LogP contribution in [0.4, 0.5) is 0 Å². The number of rotatable bonds is 5. The second-order valence-corrected chi connectivity index (χ2v) is 7.84. The Labute approximate surface area is 161 Å². The Bertz CT molecular complexity index is 784. The number of nitrogens with zero attached hydrogens (tertiary/aromatic N) is 1. The quantitative estimate of drug-likeness (QED) is 0.881. The van der Waals surface area contributed by atoms with Gasteiger partial charge in [0.1, 0.15) is 0 Å². The molecule has 0 aliphatic carbocycles. The van der Waals surface area contributed by atoms with E-state index >= 15 is 0 Å². The van der Waals surface area contributed by atoms with Crippen molar-refractivity contribution in [2.24, 2.45) is 11.8 Å². The van der Waals surface area contributed by atoms with Crippen molar-refractivity contribution in [3.05, 3.63) is 71.3 Å². The SMILES string of the molecule is Cc1ccc(C2CN(C(=O)c3ccccc3)CC2C(=O)NCC(C)C)cc1. The summed E-state index contributed by atoms with van der Waals surface area (Å²) in [6, 6.07) is 17.6. The fourth-order valence-corrected chi connectivity index (χ4v) is 3.59. The van der Waals surface area contributed by atoms with Gasteiger partial charge in [0.2, 0.25) is 5.91 Å². The third kappa shape index (κ3) is 4.57. The number of carbonyl (C=O) groups is 2. The molecule has 142 valence electrons. The molecule has 0 saturated carbocycles. The largest absolute Gasteiger partial charge is 0.356 e. The van der Waals surface area contributed by atoms with E-state index in [1.807, 2.05) is 35.2 Å². The van der Waals surface area contributed by atoms with Crippen LogP contribution in [0.25, 0.3) is 0 Å². The van der Waals surface area contributed by atoms with E-state index in [1.165, 1.54) is 5.56 Å². The Kier molecular flexibility index (Phi) is 5.94. The summed E-state index contributed by atoms with van der Waals surface area (Å²) in [6.45, 7) is 7.89. The zero-order valence-corrected chi connectivity index (χ0v) is 16.3. The first-order valence-electron chi connectivity index (χ1n) is 9.64. The Hall–Kier alpha value is -2.62. The third-order valence-electron chi connectivity index (χ3n) is 5.15. The van der Waals surface area contributed by atoms with Crippen LogP contribution in [0.1, 0.15) is 41.3 Å². The van der Waals surface area contributed by atoms with E-state index in [0.717, 1.165) is 5.56 Å². The van der Waals surface area contributed by atoms with Gasteiger partial charge in [0.15, 0.2) is 0 Å². The van der Waals surface area contributed by atoms with Crippen LogP contribution in [0.2, 0.25) is 0 Å². The maximum absolute atomic E-state index is 12.9. The molecule has 0 radical (unpaired) electrons. The van der Waals surface area contributed by atoms with Gasteiger partial charge in [-0.1, -0.05) is 61.9 Å². The molecule has 2 amide bonds. The van der Waals surface area contributed by atoms with Crippen molar-refractivity contribution in [2.45, 2.75) is 26.7 Å². The predicted molar refractivity (Wildman–Crippen MR) is 108 cm³/mol. The van der Waals surface area contributed by atoms with E-state index in [4.69, 9.17) is 0 Å². The predicted octanol–water partition coefficient (Wildman–Crippen LogP) is 3.62. The highest BCUT2D eigenvalue weighted by Crippen LogP contribution is 2.34. The van der Waals surface area contributed by atoms with Gasteiger partial charge in [-0.3, -0.25) is 9.59 Å². The average molecular weight is 364 g/mol. The lowest BCUT2D eigenvalue weighted by Gasteiger charge is -2.19. The third-order valence-corrected chi connectivity index (χ3v) is 5.15. The van der Waals surface area contributed by atoms with Gasteiger partial charge >= 0.3 is 0 Å². The molecule has 1 aliphatic heterocycles. The molecule has 27 heavy (non-hydrogen) atoms. The molecule has 0 spiro atoms. The van der Waals surface area contributed by atoms with Crippen LogP contribution in [0.3, 0.4) is 0 Å². The van der Waals surface area contributed by atoms with Crippen LogP contribution < -0.4 is 5.32 Å². The van der Waals surface area contributed by atoms with Crippen molar-refractivity contribution in [1.82, 2.24) is 10.2 Å². The number of carbonyl (C=O) groups excluding carboxylic acids is 2. The Morgan fingerprint density at radius 2 is 1.70 bits per heavy atom. The molecular formula is C23H28N2O2. The van der Waals surface area contributed by atoms with Crippen LogP contribution in [-0.4, -0.2) is 36.3 Å². The molecule has 0 bridgehead atoms. The summed E-state index contributed by atoms with van der Waals surface area (Å²) in [5, 5.41) is 3.06. The van der Waals surface area contributed by atoms with Crippen LogP contribution >= 0.6 is 0 Å². The first-order chi connectivity index (χ1) is 13.0. The second kappa shape index (κ2) is 8.38. The lowest BCUT2D eigenvalue weighted by Crippen LogP contribution is -2.37. The van der Waals surface area contributed by atoms with Crippen molar-refractivity contribution in [1.29, 1.82) is 0 Å². The van der Waals surface area contributed by atoms with Gasteiger partial charge < -0.3 is 10.2 Å². The summed E-state index contributed by atoms with van der Waals surface area (Å²) in [7, 11) is 0. The summed E-state index contributed by atoms with van der Waals surface area (Å²) in [4.78, 5) is 27.6. The fourth-order valence-electron chi connectivity index (χ4n) is 3.59. The second-order valence-electron chi connectivity index (χ2n) is 7.84. The van der Waals surface area contributed by atoms with Crippen LogP contribution in [0, 0.1) is 18.8 Å². The Morgan fingerprint density at radius 3 is 2.33 bits per heavy atom. The maximum atomic E-state index is 12.9. The highest BCUT2D eigenvalue weighted by molar-refractivity contribution is 5.95. The number of aryl methyl sites for hydroxylation is 1. The minimum atomic E-state index is -0.223. The topological polar surface area (TPSA) is 49.4 Å². The van der Waals surface area contributed by atoms with E-state index < -0.39 is 0 Å². The number of amides is 2. The zero-order valence-electron chi connectivity index (χ0n) is 16.3. The molecule has 1 fully saturated rings. The molecule has 0 aromatic heterocycles. The van der Waals surface area contributed by atoms with Crippen molar-refractivity contribution >= 4 is 11.8 Å². The molecule has 4 heteroatoms. The molecule has 1 aliphatic rings. The Morgan fingerprint density at radius 1 is 1.04 bits per heavy atom. The Balaban J connectivity index is 1.82. The van der Waals surface area contributed by atoms with E-state index in [1.54, 1.807) is 0 Å². The first kappa shape index (κ1) is 19.2. The highest BCUT2D eigenvalue weighted by atomic mass is 16.2. The summed E-state index contributed by atoms with van der Waals surface area (Å²) in [6.07, 6.45) is 0. The monoisotopic (exact) mass is 364 g/mol. The van der Waals surface area contributed by atoms with E-state index in [2.05, 4.69) is 50.4 Å². The van der Waals surface area contributed by atoms with Gasteiger partial charge in [-0.15, -0.1) is 0 Å². The van der Waals surface area contributed by atoms with Crippen molar-refractivity contribution in [2.75, 3.05) is 19.6 Å². The van der Waals surface area contributed by atoms with Crippen LogP contribution in [-0.2, 0) is 4.79 Å². The number of likely N-dealkylation sites (tertiary alicyclic amines) is 1. The van der Waals surface area contributed by atoms with Gasteiger partial charge in [0, 0.05) is 31.1 Å². The molecule has 4 nitrogen and oxygen atoms in total. The minimum absolute atomic E-state index is 0.00753. The standard InChI is InChI=1S/C23H28N2O2/c1-16(2)13-24-22(26)21-15-25(23(27)19-7-5-4-6-8-19)14-20(21)18-11-9-17(3)10-12-18/h4-12,16,20-21H,13-15H2,1-3H3,(H,24,26). The molecule has 2 aromatic rings. The van der Waals surface area contributed by atoms with Gasteiger partial charge in [0.05, 0.1) is 5.92 Å². The van der Waals surface area contributed by atoms with Gasteiger partial charge in [-0.25, -0.2) is 0 Å². The normalized spacial score (nSPS) is 19.3. The number of nitrogens with one attached hydrogen (secondary N) is 1. The van der Waals surface area contributed by atoms with Crippen LogP contribution in [0.5, 0.6) is 0 Å². The molecule has 2 aromatic carbocycles. The number of benzene rings is 2. The maximum Gasteiger partial charge on any atom is 0.253 e. The summed E-state index contributed by atoms with van der Waals surface area (Å²) >= 11 is 0. The highest BCUT2D eigenvalue weighted by Gasteiger charge is 2.40. The molecule has 2 unspecified atom stereocenters. The van der Waals surface area contributed by atoms with E-state index in [-0.39, 0.29) is 23.7 Å². The van der Waals surface area contributed by atoms with Gasteiger partial charge in [-0.05, 0) is 30.5 Å². The lowest BCUT2D eigenvalue weighted by molar-refractivity contribution is -0.125. The minimum Gasteiger partial charge on any atom is -0.356 e. The summed E-state index contributed by atoms with van der Waals surface area (Å²) in [5.41, 5.74) is 2.98. The average Bonchev–Trinajstić information content (AvgIpc) is 3.12. The molecule has 1 saturated heterocycles. The summed E-state index contributed by atoms with van der Waals surface area (Å²) in [5.74, 6) is 0.226. The summed E-state index contributed by atoms with van der Waals surface area (Å²) < 4.78 is 0. The molecule has 1 N–H and O–H groups in total. The van der Waals surface area contributed by atoms with E-state index in [9.17, 15) is 9.59 Å². The number of hydrogen-bond donors (Lipinski definition) is 1. The number of hydrogen-bond acceptors (Lipinski definition) is 2. The fraction of sp³-hybridized carbons (Fsp3) is 0.391. The first-order valence-corrected chi connectivity index (χ1v) is 9.64. The lowest BCUT2D eigenvalue weighted by atomic mass is 9.88. The molecule has 3 rings (SSSR count). The molecular weight excluding hydrogens is 336 g/mol. The molecule has 2 atom stereocenters. The van der Waals surface area contributed by atoms with E-state index in [0.29, 0.717) is 31.1 Å². The van der Waals surface area contributed by atoms with Crippen LogP contribution in [0.15, 0.2) is 54.6 Å². The van der Waals surface area contributed by atoms with Gasteiger partial charge in [-0.2, -0.15) is 0 Å². The van der Waals surface area contributed by atoms with Crippen molar-refractivity contribution in [3.63, 3.8) is 0 Å². The van der Waals surface area contributed by atoms with Crippen molar-refractivity contribution in [3.8, 4) is 0 Å². The van der Waals surface area contributed by atoms with Crippen molar-refractivity contribution < 1.29 is 9.59 Å². The molecule has 1 heterocycles. The van der Waals surface area contributed by atoms with Gasteiger partial charge in [0.25, 0.3) is 5.91 Å². The zero-order chi connectivity index (χ0) is 19.4.